The Hall–Kier alpha value is -2.99. The predicted octanol–water partition coefficient (Wildman–Crippen LogP) is 3.66. The van der Waals surface area contributed by atoms with Crippen LogP contribution in [0.4, 0.5) is 0 Å². The highest BCUT2D eigenvalue weighted by molar-refractivity contribution is 5.71. The zero-order valence-electron chi connectivity index (χ0n) is 15.1. The Morgan fingerprint density at radius 2 is 1.96 bits per heavy atom. The van der Waals surface area contributed by atoms with Crippen LogP contribution in [0.5, 0.6) is 0 Å². The molecule has 4 rings (SSSR count). The summed E-state index contributed by atoms with van der Waals surface area (Å²) in [5.41, 5.74) is 4.08. The topological polar surface area (TPSA) is 88.2 Å². The summed E-state index contributed by atoms with van der Waals surface area (Å²) in [6, 6.07) is 16.2. The highest BCUT2D eigenvalue weighted by Crippen LogP contribution is 2.28. The molecule has 3 aromatic rings. The molecule has 0 atom stereocenters. The molecule has 138 valence electrons. The van der Waals surface area contributed by atoms with E-state index in [-0.39, 0.29) is 12.0 Å². The molecule has 0 bridgehead atoms. The third-order valence-electron chi connectivity index (χ3n) is 4.99. The Morgan fingerprint density at radius 3 is 2.70 bits per heavy atom. The first kappa shape index (κ1) is 17.4. The van der Waals surface area contributed by atoms with Crippen molar-refractivity contribution in [1.82, 2.24) is 15.5 Å². The number of aliphatic carboxylic acids is 1. The number of benzene rings is 2. The van der Waals surface area contributed by atoms with Gasteiger partial charge in [-0.05, 0) is 43.5 Å². The standard InChI is InChI=1S/C21H21N3O3/c1-13-5-7-15(8-6-13)20-23-19(24-27-20)16-4-2-3-14(9-16)12-22-18-10-17(11-18)21(25)26/h2-9,17-18,22H,10-12H2,1H3,(H,25,26). The van der Waals surface area contributed by atoms with Crippen LogP contribution in [-0.4, -0.2) is 27.3 Å². The maximum Gasteiger partial charge on any atom is 0.306 e. The minimum absolute atomic E-state index is 0.201. The molecular weight excluding hydrogens is 342 g/mol. The Bertz CT molecular complexity index is 943. The van der Waals surface area contributed by atoms with Crippen LogP contribution in [0.1, 0.15) is 24.0 Å². The van der Waals surface area contributed by atoms with Crippen molar-refractivity contribution < 1.29 is 14.4 Å². The summed E-state index contributed by atoms with van der Waals surface area (Å²) >= 11 is 0. The molecule has 0 amide bonds. The van der Waals surface area contributed by atoms with Gasteiger partial charge in [0.15, 0.2) is 0 Å². The third kappa shape index (κ3) is 3.90. The van der Waals surface area contributed by atoms with E-state index in [1.807, 2.05) is 55.5 Å². The van der Waals surface area contributed by atoms with Crippen LogP contribution in [-0.2, 0) is 11.3 Å². The van der Waals surface area contributed by atoms with Gasteiger partial charge in [0.05, 0.1) is 5.92 Å². The molecule has 0 unspecified atom stereocenters. The average Bonchev–Trinajstić information content (AvgIpc) is 3.11. The highest BCUT2D eigenvalue weighted by atomic mass is 16.5. The van der Waals surface area contributed by atoms with Crippen molar-refractivity contribution in [3.8, 4) is 22.8 Å². The number of carboxylic acid groups (broad SMARTS) is 1. The summed E-state index contributed by atoms with van der Waals surface area (Å²) in [6.45, 7) is 2.72. The molecule has 27 heavy (non-hydrogen) atoms. The maximum absolute atomic E-state index is 10.9. The largest absolute Gasteiger partial charge is 0.481 e. The van der Waals surface area contributed by atoms with Crippen molar-refractivity contribution in [3.63, 3.8) is 0 Å². The van der Waals surface area contributed by atoms with Crippen molar-refractivity contribution in [2.75, 3.05) is 0 Å². The molecule has 1 heterocycles. The van der Waals surface area contributed by atoms with Gasteiger partial charge in [0.1, 0.15) is 0 Å². The van der Waals surface area contributed by atoms with Crippen LogP contribution >= 0.6 is 0 Å². The van der Waals surface area contributed by atoms with E-state index in [1.54, 1.807) is 0 Å². The van der Waals surface area contributed by atoms with E-state index in [9.17, 15) is 4.79 Å². The Labute approximate surface area is 157 Å². The fourth-order valence-electron chi connectivity index (χ4n) is 3.22. The third-order valence-corrected chi connectivity index (χ3v) is 4.99. The fraction of sp³-hybridized carbons (Fsp3) is 0.286. The Morgan fingerprint density at radius 1 is 1.19 bits per heavy atom. The van der Waals surface area contributed by atoms with Gasteiger partial charge < -0.3 is 14.9 Å². The molecule has 1 fully saturated rings. The number of nitrogens with zero attached hydrogens (tertiary/aromatic N) is 2. The normalized spacial score (nSPS) is 18.9. The summed E-state index contributed by atoms with van der Waals surface area (Å²) in [7, 11) is 0. The van der Waals surface area contributed by atoms with Crippen molar-refractivity contribution in [3.05, 3.63) is 59.7 Å². The molecule has 0 aliphatic heterocycles. The van der Waals surface area contributed by atoms with E-state index in [0.29, 0.717) is 31.1 Å². The summed E-state index contributed by atoms with van der Waals surface area (Å²) < 4.78 is 5.41. The molecule has 6 nitrogen and oxygen atoms in total. The second-order valence-corrected chi connectivity index (χ2v) is 7.07. The number of hydrogen-bond donors (Lipinski definition) is 2. The van der Waals surface area contributed by atoms with Gasteiger partial charge in [0.2, 0.25) is 5.82 Å². The van der Waals surface area contributed by atoms with Gasteiger partial charge in [-0.15, -0.1) is 0 Å². The number of carbonyl (C=O) groups is 1. The number of carboxylic acids is 1. The molecule has 1 aliphatic rings. The van der Waals surface area contributed by atoms with E-state index >= 15 is 0 Å². The molecule has 1 aliphatic carbocycles. The van der Waals surface area contributed by atoms with Gasteiger partial charge >= 0.3 is 5.97 Å². The average molecular weight is 363 g/mol. The molecule has 1 saturated carbocycles. The molecule has 0 saturated heterocycles. The van der Waals surface area contributed by atoms with Crippen LogP contribution in [0.3, 0.4) is 0 Å². The summed E-state index contributed by atoms with van der Waals surface area (Å²) in [6.07, 6.45) is 1.39. The van der Waals surface area contributed by atoms with E-state index in [2.05, 4.69) is 15.5 Å². The lowest BCUT2D eigenvalue weighted by atomic mass is 9.80. The van der Waals surface area contributed by atoms with Crippen LogP contribution in [0.15, 0.2) is 53.1 Å². The number of nitrogens with one attached hydrogen (secondary N) is 1. The summed E-state index contributed by atoms with van der Waals surface area (Å²) in [4.78, 5) is 15.4. The van der Waals surface area contributed by atoms with Crippen molar-refractivity contribution in [2.45, 2.75) is 32.4 Å². The number of hydrogen-bond acceptors (Lipinski definition) is 5. The zero-order chi connectivity index (χ0) is 18.8. The first-order chi connectivity index (χ1) is 13.1. The van der Waals surface area contributed by atoms with Crippen LogP contribution in [0.25, 0.3) is 22.8 Å². The molecule has 0 spiro atoms. The van der Waals surface area contributed by atoms with Gasteiger partial charge in [0, 0.05) is 23.7 Å². The minimum atomic E-state index is -0.698. The van der Waals surface area contributed by atoms with Gasteiger partial charge in [-0.25, -0.2) is 0 Å². The monoisotopic (exact) mass is 363 g/mol. The van der Waals surface area contributed by atoms with Crippen LogP contribution < -0.4 is 5.32 Å². The molecule has 2 N–H and O–H groups in total. The number of rotatable bonds is 6. The molecule has 6 heteroatoms. The van der Waals surface area contributed by atoms with Crippen molar-refractivity contribution >= 4 is 5.97 Å². The lowest BCUT2D eigenvalue weighted by Gasteiger charge is -2.33. The molecule has 0 radical (unpaired) electrons. The number of aryl methyl sites for hydroxylation is 1. The first-order valence-corrected chi connectivity index (χ1v) is 9.05. The predicted molar refractivity (Wildman–Crippen MR) is 101 cm³/mol. The maximum atomic E-state index is 10.9. The van der Waals surface area contributed by atoms with Crippen molar-refractivity contribution in [1.29, 1.82) is 0 Å². The molecular formula is C21H21N3O3. The summed E-state index contributed by atoms with van der Waals surface area (Å²) in [5.74, 6) is 0.162. The van der Waals surface area contributed by atoms with E-state index in [0.717, 1.165) is 16.7 Å². The van der Waals surface area contributed by atoms with E-state index in [4.69, 9.17) is 9.63 Å². The SMILES string of the molecule is Cc1ccc(-c2nc(-c3cccc(CNC4CC(C(=O)O)C4)c3)no2)cc1. The molecule has 2 aromatic carbocycles. The van der Waals surface area contributed by atoms with Gasteiger partial charge in [-0.1, -0.05) is 41.1 Å². The second-order valence-electron chi connectivity index (χ2n) is 7.07. The second kappa shape index (κ2) is 7.32. The van der Waals surface area contributed by atoms with E-state index < -0.39 is 5.97 Å². The lowest BCUT2D eigenvalue weighted by Crippen LogP contribution is -2.43. The van der Waals surface area contributed by atoms with Gasteiger partial charge in [-0.2, -0.15) is 4.98 Å². The van der Waals surface area contributed by atoms with Crippen LogP contribution in [0.2, 0.25) is 0 Å². The highest BCUT2D eigenvalue weighted by Gasteiger charge is 2.33. The van der Waals surface area contributed by atoms with Crippen LogP contribution in [0, 0.1) is 12.8 Å². The number of aromatic nitrogens is 2. The minimum Gasteiger partial charge on any atom is -0.481 e. The Balaban J connectivity index is 1.42. The molecule has 1 aromatic heterocycles. The van der Waals surface area contributed by atoms with Crippen molar-refractivity contribution in [2.24, 2.45) is 5.92 Å². The van der Waals surface area contributed by atoms with E-state index in [1.165, 1.54) is 5.56 Å². The quantitative estimate of drug-likeness (QED) is 0.695. The zero-order valence-corrected chi connectivity index (χ0v) is 15.1. The smallest absolute Gasteiger partial charge is 0.306 e. The lowest BCUT2D eigenvalue weighted by molar-refractivity contribution is -0.145. The van der Waals surface area contributed by atoms with Gasteiger partial charge in [0.25, 0.3) is 5.89 Å². The Kier molecular flexibility index (Phi) is 4.73. The first-order valence-electron chi connectivity index (χ1n) is 9.05. The fourth-order valence-corrected chi connectivity index (χ4v) is 3.22. The van der Waals surface area contributed by atoms with Gasteiger partial charge in [-0.3, -0.25) is 4.79 Å². The summed E-state index contributed by atoms with van der Waals surface area (Å²) in [5, 5.41) is 16.5.